The maximum atomic E-state index is 12.0. The van der Waals surface area contributed by atoms with Gasteiger partial charge in [0.05, 0.1) is 7.11 Å². The van der Waals surface area contributed by atoms with E-state index in [4.69, 9.17) is 9.47 Å². The molecule has 0 aliphatic rings. The summed E-state index contributed by atoms with van der Waals surface area (Å²) in [6.07, 6.45) is 3.46. The first-order chi connectivity index (χ1) is 13.2. The number of urea groups is 1. The highest BCUT2D eigenvalue weighted by Gasteiger charge is 2.03. The smallest absolute Gasteiger partial charge is 0.319 e. The number of methoxy groups -OCH3 is 1. The molecule has 0 fully saturated rings. The number of nitrogens with one attached hydrogen (secondary N) is 2. The monoisotopic (exact) mass is 363 g/mol. The molecule has 0 spiro atoms. The van der Waals surface area contributed by atoms with E-state index in [1.54, 1.807) is 31.6 Å². The Kier molecular flexibility index (Phi) is 6.25. The summed E-state index contributed by atoms with van der Waals surface area (Å²) in [4.78, 5) is 16.0. The first kappa shape index (κ1) is 18.3. The normalized spacial score (nSPS) is 10.1. The SMILES string of the molecule is COc1ccc(CNC(=O)Nc2ccc(OCc3ccncc3)cc2)cc1. The number of pyridine rings is 1. The molecule has 1 heterocycles. The Bertz CT molecular complexity index is 850. The molecule has 6 heteroatoms. The fourth-order valence-corrected chi connectivity index (χ4v) is 2.38. The Hall–Kier alpha value is -3.54. The lowest BCUT2D eigenvalue weighted by Gasteiger charge is -2.10. The summed E-state index contributed by atoms with van der Waals surface area (Å²) in [7, 11) is 1.62. The van der Waals surface area contributed by atoms with Gasteiger partial charge in [-0.1, -0.05) is 12.1 Å². The third-order valence-corrected chi connectivity index (χ3v) is 3.88. The summed E-state index contributed by atoms with van der Waals surface area (Å²) >= 11 is 0. The zero-order chi connectivity index (χ0) is 18.9. The molecule has 0 bridgehead atoms. The van der Waals surface area contributed by atoms with Crippen LogP contribution in [0.3, 0.4) is 0 Å². The summed E-state index contributed by atoms with van der Waals surface area (Å²) in [6, 6.07) is 18.3. The molecule has 1 aromatic heterocycles. The molecule has 3 rings (SSSR count). The van der Waals surface area contributed by atoms with Gasteiger partial charge in [-0.3, -0.25) is 4.98 Å². The molecule has 2 aromatic carbocycles. The van der Waals surface area contributed by atoms with Gasteiger partial charge in [-0.15, -0.1) is 0 Å². The number of amides is 2. The van der Waals surface area contributed by atoms with Crippen LogP contribution in [-0.2, 0) is 13.2 Å². The molecule has 0 aliphatic carbocycles. The molecule has 6 nitrogen and oxygen atoms in total. The number of aromatic nitrogens is 1. The third kappa shape index (κ3) is 5.74. The molecular formula is C21H21N3O3. The number of hydrogen-bond donors (Lipinski definition) is 2. The Morgan fingerprint density at radius 3 is 2.22 bits per heavy atom. The van der Waals surface area contributed by atoms with Crippen molar-refractivity contribution in [2.45, 2.75) is 13.2 Å². The number of carbonyl (C=O) groups excluding carboxylic acids is 1. The van der Waals surface area contributed by atoms with E-state index < -0.39 is 0 Å². The summed E-state index contributed by atoms with van der Waals surface area (Å²) in [5.74, 6) is 1.52. The molecule has 2 N–H and O–H groups in total. The van der Waals surface area contributed by atoms with Crippen molar-refractivity contribution in [3.8, 4) is 11.5 Å². The zero-order valence-electron chi connectivity index (χ0n) is 15.0. The first-order valence-corrected chi connectivity index (χ1v) is 8.52. The molecule has 0 atom stereocenters. The second-order valence-corrected chi connectivity index (χ2v) is 5.82. The van der Waals surface area contributed by atoms with Gasteiger partial charge in [0.25, 0.3) is 0 Å². The van der Waals surface area contributed by atoms with Crippen LogP contribution in [0.25, 0.3) is 0 Å². The highest BCUT2D eigenvalue weighted by Crippen LogP contribution is 2.17. The minimum atomic E-state index is -0.267. The maximum Gasteiger partial charge on any atom is 0.319 e. The van der Waals surface area contributed by atoms with Gasteiger partial charge in [0.1, 0.15) is 18.1 Å². The van der Waals surface area contributed by atoms with E-state index in [-0.39, 0.29) is 6.03 Å². The first-order valence-electron chi connectivity index (χ1n) is 8.52. The Labute approximate surface area is 158 Å². The van der Waals surface area contributed by atoms with Crippen molar-refractivity contribution in [3.05, 3.63) is 84.2 Å². The number of ether oxygens (including phenoxy) is 2. The number of anilines is 1. The van der Waals surface area contributed by atoms with Crippen LogP contribution in [-0.4, -0.2) is 18.1 Å². The molecule has 2 amide bonds. The summed E-state index contributed by atoms with van der Waals surface area (Å²) in [5, 5.41) is 5.62. The average Bonchev–Trinajstić information content (AvgIpc) is 2.73. The highest BCUT2D eigenvalue weighted by atomic mass is 16.5. The standard InChI is InChI=1S/C21H21N3O3/c1-26-19-6-2-16(3-7-19)14-23-21(25)24-18-4-8-20(9-5-18)27-15-17-10-12-22-13-11-17/h2-13H,14-15H2,1H3,(H2,23,24,25). The van der Waals surface area contributed by atoms with Gasteiger partial charge in [0.2, 0.25) is 0 Å². The van der Waals surface area contributed by atoms with Crippen molar-refractivity contribution >= 4 is 11.7 Å². The molecule has 3 aromatic rings. The largest absolute Gasteiger partial charge is 0.497 e. The molecule has 0 unspecified atom stereocenters. The van der Waals surface area contributed by atoms with Crippen LogP contribution >= 0.6 is 0 Å². The van der Waals surface area contributed by atoms with Gasteiger partial charge in [0.15, 0.2) is 0 Å². The van der Waals surface area contributed by atoms with Gasteiger partial charge in [-0.25, -0.2) is 4.79 Å². The van der Waals surface area contributed by atoms with Crippen LogP contribution in [0, 0.1) is 0 Å². The predicted octanol–water partition coefficient (Wildman–Crippen LogP) is 3.99. The van der Waals surface area contributed by atoms with E-state index in [0.29, 0.717) is 18.8 Å². The van der Waals surface area contributed by atoms with Gasteiger partial charge >= 0.3 is 6.03 Å². The molecule has 138 valence electrons. The lowest BCUT2D eigenvalue weighted by molar-refractivity contribution is 0.251. The lowest BCUT2D eigenvalue weighted by Crippen LogP contribution is -2.28. The van der Waals surface area contributed by atoms with Crippen molar-refractivity contribution in [3.63, 3.8) is 0 Å². The van der Waals surface area contributed by atoms with E-state index in [2.05, 4.69) is 15.6 Å². The fourth-order valence-electron chi connectivity index (χ4n) is 2.38. The zero-order valence-corrected chi connectivity index (χ0v) is 15.0. The quantitative estimate of drug-likeness (QED) is 0.666. The Balaban J connectivity index is 1.45. The summed E-state index contributed by atoms with van der Waals surface area (Å²) in [5.41, 5.74) is 2.73. The number of carbonyl (C=O) groups is 1. The van der Waals surface area contributed by atoms with E-state index in [1.807, 2.05) is 48.5 Å². The van der Waals surface area contributed by atoms with Crippen LogP contribution in [0.4, 0.5) is 10.5 Å². The van der Waals surface area contributed by atoms with E-state index >= 15 is 0 Å². The molecule has 0 radical (unpaired) electrons. The minimum Gasteiger partial charge on any atom is -0.497 e. The van der Waals surface area contributed by atoms with Crippen LogP contribution in [0.15, 0.2) is 73.1 Å². The molecular weight excluding hydrogens is 342 g/mol. The highest BCUT2D eigenvalue weighted by molar-refractivity contribution is 5.89. The number of hydrogen-bond acceptors (Lipinski definition) is 4. The van der Waals surface area contributed by atoms with Gasteiger partial charge in [0, 0.05) is 24.6 Å². The average molecular weight is 363 g/mol. The van der Waals surface area contributed by atoms with Crippen molar-refractivity contribution in [1.82, 2.24) is 10.3 Å². The van der Waals surface area contributed by atoms with Crippen molar-refractivity contribution in [2.75, 3.05) is 12.4 Å². The number of benzene rings is 2. The third-order valence-electron chi connectivity index (χ3n) is 3.88. The number of nitrogens with zero attached hydrogens (tertiary/aromatic N) is 1. The molecule has 0 saturated carbocycles. The molecule has 0 aliphatic heterocycles. The van der Waals surface area contributed by atoms with Crippen LogP contribution < -0.4 is 20.1 Å². The summed E-state index contributed by atoms with van der Waals surface area (Å²) in [6.45, 7) is 0.903. The van der Waals surface area contributed by atoms with Crippen molar-refractivity contribution < 1.29 is 14.3 Å². The second-order valence-electron chi connectivity index (χ2n) is 5.82. The maximum absolute atomic E-state index is 12.0. The second kappa shape index (κ2) is 9.24. The van der Waals surface area contributed by atoms with Crippen LogP contribution in [0.2, 0.25) is 0 Å². The predicted molar refractivity (Wildman–Crippen MR) is 104 cm³/mol. The van der Waals surface area contributed by atoms with E-state index in [1.165, 1.54) is 0 Å². The topological polar surface area (TPSA) is 72.5 Å². The molecule has 0 saturated heterocycles. The fraction of sp³-hybridized carbons (Fsp3) is 0.143. The van der Waals surface area contributed by atoms with Gasteiger partial charge in [-0.05, 0) is 59.7 Å². The Morgan fingerprint density at radius 2 is 1.56 bits per heavy atom. The van der Waals surface area contributed by atoms with Crippen LogP contribution in [0.5, 0.6) is 11.5 Å². The Morgan fingerprint density at radius 1 is 0.889 bits per heavy atom. The van der Waals surface area contributed by atoms with Gasteiger partial charge < -0.3 is 20.1 Å². The number of rotatable bonds is 7. The van der Waals surface area contributed by atoms with E-state index in [0.717, 1.165) is 22.6 Å². The minimum absolute atomic E-state index is 0.267. The van der Waals surface area contributed by atoms with Crippen LogP contribution in [0.1, 0.15) is 11.1 Å². The molecule has 27 heavy (non-hydrogen) atoms. The summed E-state index contributed by atoms with van der Waals surface area (Å²) < 4.78 is 10.8. The van der Waals surface area contributed by atoms with Crippen molar-refractivity contribution in [1.29, 1.82) is 0 Å². The van der Waals surface area contributed by atoms with E-state index in [9.17, 15) is 4.79 Å². The van der Waals surface area contributed by atoms with Crippen molar-refractivity contribution in [2.24, 2.45) is 0 Å². The van der Waals surface area contributed by atoms with Gasteiger partial charge in [-0.2, -0.15) is 0 Å². The lowest BCUT2D eigenvalue weighted by atomic mass is 10.2.